The van der Waals surface area contributed by atoms with Gasteiger partial charge in [0.05, 0.1) is 0 Å². The van der Waals surface area contributed by atoms with Gasteiger partial charge in [-0.15, -0.1) is 0 Å². The van der Waals surface area contributed by atoms with Crippen LogP contribution in [-0.4, -0.2) is 26.2 Å². The molecular weight excluding hydrogens is 318 g/mol. The van der Waals surface area contributed by atoms with Gasteiger partial charge in [-0.05, 0) is 0 Å². The fourth-order valence-electron chi connectivity index (χ4n) is 2.96. The molecule has 1 heterocycles. The number of hydrogen-bond acceptors (Lipinski definition) is 3. The van der Waals surface area contributed by atoms with Gasteiger partial charge in [0.2, 0.25) is 0 Å². The molecule has 1 aliphatic rings. The number of hydrogen-bond donors (Lipinski definition) is 2. The molecule has 24 heavy (non-hydrogen) atoms. The third-order valence-electron chi connectivity index (χ3n) is 4.29. The van der Waals surface area contributed by atoms with Gasteiger partial charge in [-0.2, -0.15) is 0 Å². The number of nitrogens with one attached hydrogen (secondary N) is 2. The fourth-order valence-corrected chi connectivity index (χ4v) is 3.09. The molecule has 0 saturated heterocycles. The van der Waals surface area contributed by atoms with Gasteiger partial charge in [-0.1, -0.05) is 0 Å². The van der Waals surface area contributed by atoms with Crippen LogP contribution in [0.1, 0.15) is 30.5 Å². The number of halogens is 1. The van der Waals surface area contributed by atoms with Gasteiger partial charge in [0, 0.05) is 0 Å². The minimum absolute atomic E-state index is 0.270. The standard InChI is InChI=1S/C19H22BClN2O/c1-19(2,14-6-8-15(21)9-7-14)23-18(20)16-5-3-4-13-12-22-10-11-24-17(13)16/h3-9,20,22-23H,10-12H2,1-2H3. The van der Waals surface area contributed by atoms with Crippen molar-refractivity contribution >= 4 is 24.7 Å². The summed E-state index contributed by atoms with van der Waals surface area (Å²) in [4.78, 5) is 0. The molecule has 3 rings (SSSR count). The van der Waals surface area contributed by atoms with E-state index in [0.29, 0.717) is 6.61 Å². The Balaban J connectivity index is 1.86. The van der Waals surface area contributed by atoms with Crippen LogP contribution >= 0.6 is 11.6 Å². The number of rotatable bonds is 4. The van der Waals surface area contributed by atoms with Crippen LogP contribution in [0.4, 0.5) is 0 Å². The molecule has 3 nitrogen and oxygen atoms in total. The molecule has 0 spiro atoms. The number of fused-ring (bicyclic) bond motifs is 1. The van der Waals surface area contributed by atoms with Gasteiger partial charge >= 0.3 is 149 Å². The van der Waals surface area contributed by atoms with Gasteiger partial charge in [-0.3, -0.25) is 0 Å². The second-order valence-corrected chi connectivity index (χ2v) is 6.99. The Labute approximate surface area is 149 Å². The molecule has 5 heteroatoms. The van der Waals surface area contributed by atoms with E-state index in [1.54, 1.807) is 0 Å². The summed E-state index contributed by atoms with van der Waals surface area (Å²) >= 11 is 6.00. The topological polar surface area (TPSA) is 33.3 Å². The van der Waals surface area contributed by atoms with Crippen LogP contribution in [0.15, 0.2) is 42.5 Å². The van der Waals surface area contributed by atoms with Crippen molar-refractivity contribution in [3.63, 3.8) is 0 Å². The van der Waals surface area contributed by atoms with E-state index in [9.17, 15) is 0 Å². The summed E-state index contributed by atoms with van der Waals surface area (Å²) in [5.74, 6) is 0.923. The van der Waals surface area contributed by atoms with Crippen LogP contribution in [-0.2, 0) is 12.1 Å². The van der Waals surface area contributed by atoms with Gasteiger partial charge in [0.25, 0.3) is 0 Å². The molecule has 0 radical (unpaired) electrons. The third-order valence-corrected chi connectivity index (χ3v) is 4.54. The molecule has 0 unspecified atom stereocenters. The zero-order valence-corrected chi connectivity index (χ0v) is 14.9. The van der Waals surface area contributed by atoms with Crippen molar-refractivity contribution in [1.82, 2.24) is 10.6 Å². The Morgan fingerprint density at radius 1 is 1.21 bits per heavy atom. The Kier molecular flexibility index (Phi) is 4.97. The summed E-state index contributed by atoms with van der Waals surface area (Å²) in [6.07, 6.45) is 0. The van der Waals surface area contributed by atoms with Crippen molar-refractivity contribution in [1.29, 1.82) is 0 Å². The summed E-state index contributed by atoms with van der Waals surface area (Å²) in [6, 6.07) is 14.1. The number of para-hydroxylation sites is 1. The molecule has 0 fully saturated rings. The maximum atomic E-state index is 6.00. The first-order chi connectivity index (χ1) is 11.5. The number of ether oxygens (including phenoxy) is 1. The predicted molar refractivity (Wildman–Crippen MR) is 103 cm³/mol. The molecule has 2 aromatic rings. The Morgan fingerprint density at radius 2 is 1.96 bits per heavy atom. The van der Waals surface area contributed by atoms with E-state index in [2.05, 4.69) is 44.1 Å². The Bertz CT molecular complexity index is 744. The summed E-state index contributed by atoms with van der Waals surface area (Å²) in [5.41, 5.74) is 3.91. The van der Waals surface area contributed by atoms with Crippen molar-refractivity contribution in [2.24, 2.45) is 0 Å². The molecule has 0 aliphatic carbocycles. The Morgan fingerprint density at radius 3 is 2.71 bits per heavy atom. The third kappa shape index (κ3) is 3.65. The SMILES string of the molecule is B=C(NC(C)(C)c1ccc(Cl)cc1)c1cccc2c1OCCNC2. The van der Waals surface area contributed by atoms with Crippen LogP contribution in [0.5, 0.6) is 5.75 Å². The molecular formula is C19H22BClN2O. The molecule has 124 valence electrons. The normalized spacial score (nSPS) is 14.2. The first kappa shape index (κ1) is 17.1. The average molecular weight is 341 g/mol. The van der Waals surface area contributed by atoms with E-state index in [1.165, 1.54) is 0 Å². The van der Waals surface area contributed by atoms with Crippen LogP contribution in [0.25, 0.3) is 0 Å². The van der Waals surface area contributed by atoms with Crippen LogP contribution in [0, 0.1) is 0 Å². The molecule has 2 aromatic carbocycles. The van der Waals surface area contributed by atoms with Crippen LogP contribution < -0.4 is 15.4 Å². The van der Waals surface area contributed by atoms with Crippen molar-refractivity contribution in [2.75, 3.05) is 13.2 Å². The van der Waals surface area contributed by atoms with Crippen molar-refractivity contribution in [3.05, 3.63) is 64.2 Å². The molecule has 0 saturated carbocycles. The predicted octanol–water partition coefficient (Wildman–Crippen LogP) is 2.73. The van der Waals surface area contributed by atoms with E-state index in [1.807, 2.05) is 30.3 Å². The van der Waals surface area contributed by atoms with E-state index >= 15 is 0 Å². The number of benzene rings is 2. The first-order valence-electron chi connectivity index (χ1n) is 8.16. The molecule has 0 bridgehead atoms. The van der Waals surface area contributed by atoms with Crippen LogP contribution in [0.2, 0.25) is 5.02 Å². The van der Waals surface area contributed by atoms with Gasteiger partial charge in [-0.25, -0.2) is 0 Å². The van der Waals surface area contributed by atoms with Crippen molar-refractivity contribution < 1.29 is 4.74 Å². The van der Waals surface area contributed by atoms with Crippen molar-refractivity contribution in [3.8, 4) is 5.75 Å². The molecule has 0 aromatic heterocycles. The molecule has 2 N–H and O–H groups in total. The van der Waals surface area contributed by atoms with Gasteiger partial charge in [0.15, 0.2) is 0 Å². The zero-order chi connectivity index (χ0) is 17.2. The Hall–Kier alpha value is -1.78. The fraction of sp³-hybridized carbons (Fsp3) is 0.316. The van der Waals surface area contributed by atoms with Gasteiger partial charge in [0.1, 0.15) is 0 Å². The molecule has 1 aliphatic heterocycles. The van der Waals surface area contributed by atoms with E-state index < -0.39 is 0 Å². The molecule has 0 atom stereocenters. The first-order valence-corrected chi connectivity index (χ1v) is 8.54. The van der Waals surface area contributed by atoms with Crippen LogP contribution in [0.3, 0.4) is 0 Å². The maximum absolute atomic E-state index is 6.00. The van der Waals surface area contributed by atoms with E-state index in [4.69, 9.17) is 16.3 Å². The monoisotopic (exact) mass is 340 g/mol. The zero-order valence-electron chi connectivity index (χ0n) is 14.2. The second kappa shape index (κ2) is 7.00. The van der Waals surface area contributed by atoms with Gasteiger partial charge < -0.3 is 0 Å². The summed E-state index contributed by atoms with van der Waals surface area (Å²) in [6.45, 7) is 6.59. The van der Waals surface area contributed by atoms with Crippen molar-refractivity contribution in [2.45, 2.75) is 25.9 Å². The summed E-state index contributed by atoms with van der Waals surface area (Å²) in [5, 5.41) is 7.64. The summed E-state index contributed by atoms with van der Waals surface area (Å²) < 4.78 is 5.96. The quantitative estimate of drug-likeness (QED) is 0.840. The summed E-state index contributed by atoms with van der Waals surface area (Å²) in [7, 11) is 4.25. The molecule has 0 amide bonds. The minimum atomic E-state index is -0.270. The average Bonchev–Trinajstić information content (AvgIpc) is 2.80. The second-order valence-electron chi connectivity index (χ2n) is 6.55. The van der Waals surface area contributed by atoms with E-state index in [0.717, 1.165) is 46.1 Å². The van der Waals surface area contributed by atoms with E-state index in [-0.39, 0.29) is 5.54 Å².